The molecule has 12 heteroatoms. The zero-order valence-corrected chi connectivity index (χ0v) is 25.3. The second-order valence-electron chi connectivity index (χ2n) is 9.86. The number of hydrogen-bond acceptors (Lipinski definition) is 8. The second-order valence-corrected chi connectivity index (χ2v) is 11.6. The molecule has 0 aliphatic rings. The fraction of sp³-hybridized carbons (Fsp3) is 0.552. The standard InChI is InChI=1S/C29H42FN5O5S/c1-5-6-7-8-9-10-11-12-13-17-20-35-32-28(31-34-35)29(30,23-18-15-14-16-19-23)41(36,37)33-27-25(39-3)21-24(38-2)22-26(27)40-4/h14-16,18-19,21-22,33H,5-13,17,20H2,1-4H3. The predicted molar refractivity (Wildman–Crippen MR) is 157 cm³/mol. The zero-order valence-electron chi connectivity index (χ0n) is 24.4. The average molecular weight is 592 g/mol. The van der Waals surface area contributed by atoms with Crippen LogP contribution in [-0.2, 0) is 21.6 Å². The lowest BCUT2D eigenvalue weighted by Gasteiger charge is -2.25. The molecule has 3 aromatic rings. The van der Waals surface area contributed by atoms with Crippen molar-refractivity contribution in [3.63, 3.8) is 0 Å². The normalized spacial score (nSPS) is 13.0. The molecule has 1 unspecified atom stereocenters. The number of ether oxygens (including phenoxy) is 3. The third kappa shape index (κ3) is 8.08. The Hall–Kier alpha value is -3.41. The molecule has 41 heavy (non-hydrogen) atoms. The summed E-state index contributed by atoms with van der Waals surface area (Å²) in [5, 5.41) is 8.83. The monoisotopic (exact) mass is 591 g/mol. The van der Waals surface area contributed by atoms with Gasteiger partial charge in [0.15, 0.2) is 0 Å². The van der Waals surface area contributed by atoms with Crippen molar-refractivity contribution in [2.24, 2.45) is 0 Å². The highest BCUT2D eigenvalue weighted by Crippen LogP contribution is 2.44. The molecule has 0 aliphatic heterocycles. The van der Waals surface area contributed by atoms with E-state index in [1.807, 2.05) is 0 Å². The van der Waals surface area contributed by atoms with E-state index >= 15 is 4.39 Å². The van der Waals surface area contributed by atoms with Gasteiger partial charge in [0.2, 0.25) is 5.82 Å². The van der Waals surface area contributed by atoms with Gasteiger partial charge in [0.25, 0.3) is 10.0 Å². The van der Waals surface area contributed by atoms with Crippen molar-refractivity contribution in [3.05, 3.63) is 53.9 Å². The highest BCUT2D eigenvalue weighted by molar-refractivity contribution is 7.93. The van der Waals surface area contributed by atoms with Gasteiger partial charge in [-0.2, -0.15) is 4.80 Å². The van der Waals surface area contributed by atoms with E-state index in [0.29, 0.717) is 12.3 Å². The second kappa shape index (κ2) is 15.6. The largest absolute Gasteiger partial charge is 0.496 e. The minimum absolute atomic E-state index is 0.0813. The van der Waals surface area contributed by atoms with Gasteiger partial charge in [0.05, 0.1) is 27.9 Å². The van der Waals surface area contributed by atoms with Crippen LogP contribution >= 0.6 is 0 Å². The SMILES string of the molecule is CCCCCCCCCCCCn1nnc(C(F)(c2ccccc2)S(=O)(=O)Nc2c(OC)cc(OC)cc2OC)n1. The van der Waals surface area contributed by atoms with Crippen molar-refractivity contribution in [1.29, 1.82) is 0 Å². The van der Waals surface area contributed by atoms with Gasteiger partial charge in [-0.05, 0) is 11.6 Å². The summed E-state index contributed by atoms with van der Waals surface area (Å²) < 4.78 is 62.9. The van der Waals surface area contributed by atoms with Crippen LogP contribution in [0.1, 0.15) is 82.5 Å². The molecule has 1 atom stereocenters. The number of halogens is 1. The number of hydrogen-bond donors (Lipinski definition) is 1. The van der Waals surface area contributed by atoms with E-state index in [4.69, 9.17) is 14.2 Å². The predicted octanol–water partition coefficient (Wildman–Crippen LogP) is 6.23. The molecule has 1 aromatic heterocycles. The van der Waals surface area contributed by atoms with Gasteiger partial charge in [0.1, 0.15) is 22.9 Å². The molecule has 1 N–H and O–H groups in total. The Bertz CT molecular complexity index is 1300. The van der Waals surface area contributed by atoms with E-state index < -0.39 is 20.8 Å². The number of nitrogens with zero attached hydrogens (tertiary/aromatic N) is 4. The first kappa shape index (κ1) is 32.1. The van der Waals surface area contributed by atoms with Crippen molar-refractivity contribution in [2.75, 3.05) is 26.1 Å². The van der Waals surface area contributed by atoms with E-state index in [9.17, 15) is 8.42 Å². The minimum atomic E-state index is -4.89. The number of unbranched alkanes of at least 4 members (excludes halogenated alkanes) is 9. The molecule has 0 fully saturated rings. The number of anilines is 1. The van der Waals surface area contributed by atoms with Crippen LogP contribution in [0.25, 0.3) is 0 Å². The molecular weight excluding hydrogens is 549 g/mol. The van der Waals surface area contributed by atoms with Crippen molar-refractivity contribution in [1.82, 2.24) is 20.2 Å². The first-order chi connectivity index (χ1) is 19.8. The summed E-state index contributed by atoms with van der Waals surface area (Å²) in [5.74, 6) is -0.0574. The molecule has 0 spiro atoms. The lowest BCUT2D eigenvalue weighted by atomic mass is 10.1. The molecule has 0 saturated heterocycles. The molecule has 10 nitrogen and oxygen atoms in total. The number of sulfonamides is 1. The molecule has 1 heterocycles. The molecule has 226 valence electrons. The Morgan fingerprint density at radius 1 is 0.854 bits per heavy atom. The average Bonchev–Trinajstić information content (AvgIpc) is 3.47. The summed E-state index contributed by atoms with van der Waals surface area (Å²) in [4.78, 5) is 1.25. The van der Waals surface area contributed by atoms with Gasteiger partial charge in [-0.15, -0.1) is 10.2 Å². The minimum Gasteiger partial charge on any atom is -0.496 e. The number of rotatable bonds is 19. The summed E-state index contributed by atoms with van der Waals surface area (Å²) in [6.07, 6.45) is 11.7. The molecule has 0 bridgehead atoms. The maximum absolute atomic E-state index is 17.1. The van der Waals surface area contributed by atoms with Crippen LogP contribution in [-0.4, -0.2) is 50.0 Å². The van der Waals surface area contributed by atoms with E-state index in [-0.39, 0.29) is 22.7 Å². The quantitative estimate of drug-likeness (QED) is 0.163. The maximum atomic E-state index is 17.1. The van der Waals surface area contributed by atoms with E-state index in [1.165, 1.54) is 95.3 Å². The van der Waals surface area contributed by atoms with E-state index in [1.54, 1.807) is 18.2 Å². The lowest BCUT2D eigenvalue weighted by Crippen LogP contribution is -2.38. The van der Waals surface area contributed by atoms with Crippen LogP contribution in [0.2, 0.25) is 0 Å². The zero-order chi connectivity index (χ0) is 29.7. The Morgan fingerprint density at radius 2 is 1.41 bits per heavy atom. The number of aromatic nitrogens is 4. The van der Waals surface area contributed by atoms with Gasteiger partial charge >= 0.3 is 5.00 Å². The smallest absolute Gasteiger partial charge is 0.316 e. The van der Waals surface area contributed by atoms with E-state index in [2.05, 4.69) is 27.1 Å². The van der Waals surface area contributed by atoms with Crippen LogP contribution in [0, 0.1) is 0 Å². The molecule has 0 saturated carbocycles. The van der Waals surface area contributed by atoms with Crippen LogP contribution in [0.4, 0.5) is 10.1 Å². The number of alkyl halides is 1. The van der Waals surface area contributed by atoms with Gasteiger partial charge in [-0.25, -0.2) is 12.8 Å². The summed E-state index contributed by atoms with van der Waals surface area (Å²) in [7, 11) is -0.736. The number of nitrogens with one attached hydrogen (secondary N) is 1. The number of tetrazole rings is 1. The number of aryl methyl sites for hydroxylation is 1. The number of benzene rings is 2. The summed E-state index contributed by atoms with van der Waals surface area (Å²) >= 11 is 0. The Kier molecular flexibility index (Phi) is 12.2. The van der Waals surface area contributed by atoms with Crippen LogP contribution in [0.3, 0.4) is 0 Å². The van der Waals surface area contributed by atoms with Gasteiger partial charge in [0, 0.05) is 17.7 Å². The Morgan fingerprint density at radius 3 is 1.95 bits per heavy atom. The van der Waals surface area contributed by atoms with Gasteiger partial charge < -0.3 is 14.2 Å². The third-order valence-corrected chi connectivity index (χ3v) is 8.55. The van der Waals surface area contributed by atoms with Crippen molar-refractivity contribution >= 4 is 15.7 Å². The van der Waals surface area contributed by atoms with Crippen molar-refractivity contribution < 1.29 is 27.0 Å². The summed E-state index contributed by atoms with van der Waals surface area (Å²) in [6, 6.07) is 10.4. The topological polar surface area (TPSA) is 117 Å². The summed E-state index contributed by atoms with van der Waals surface area (Å²) in [5.41, 5.74) is -0.260. The molecule has 2 aromatic carbocycles. The highest BCUT2D eigenvalue weighted by atomic mass is 32.2. The lowest BCUT2D eigenvalue weighted by molar-refractivity contribution is 0.310. The van der Waals surface area contributed by atoms with Gasteiger partial charge in [-0.3, -0.25) is 4.72 Å². The van der Waals surface area contributed by atoms with Crippen LogP contribution in [0.15, 0.2) is 42.5 Å². The van der Waals surface area contributed by atoms with Crippen molar-refractivity contribution in [2.45, 2.75) is 82.7 Å². The number of methoxy groups -OCH3 is 3. The molecule has 0 aliphatic carbocycles. The van der Waals surface area contributed by atoms with Crippen LogP contribution < -0.4 is 18.9 Å². The Labute approximate surface area is 242 Å². The Balaban J connectivity index is 1.78. The molecule has 0 amide bonds. The fourth-order valence-electron chi connectivity index (χ4n) is 4.58. The third-order valence-electron chi connectivity index (χ3n) is 6.92. The first-order valence-electron chi connectivity index (χ1n) is 14.2. The molecular formula is C29H42FN5O5S. The molecule has 0 radical (unpaired) electrons. The molecule has 3 rings (SSSR count). The first-order valence-corrected chi connectivity index (χ1v) is 15.6. The van der Waals surface area contributed by atoms with Crippen molar-refractivity contribution in [3.8, 4) is 17.2 Å². The van der Waals surface area contributed by atoms with Crippen LogP contribution in [0.5, 0.6) is 17.2 Å². The summed E-state index contributed by atoms with van der Waals surface area (Å²) in [6.45, 7) is 2.62. The fourth-order valence-corrected chi connectivity index (χ4v) is 5.95. The maximum Gasteiger partial charge on any atom is 0.316 e. The van der Waals surface area contributed by atoms with E-state index in [0.717, 1.165) is 19.3 Å². The highest BCUT2D eigenvalue weighted by Gasteiger charge is 2.53. The van der Waals surface area contributed by atoms with Gasteiger partial charge in [-0.1, -0.05) is 95.0 Å².